The zero-order valence-electron chi connectivity index (χ0n) is 24.5. The number of ketones is 1. The Labute approximate surface area is 242 Å². The van der Waals surface area contributed by atoms with Crippen molar-refractivity contribution in [2.45, 2.75) is 27.7 Å². The van der Waals surface area contributed by atoms with Crippen LogP contribution in [-0.4, -0.2) is 32.0 Å². The van der Waals surface area contributed by atoms with Crippen molar-refractivity contribution in [1.29, 1.82) is 0 Å². The van der Waals surface area contributed by atoms with Gasteiger partial charge in [-0.1, -0.05) is 109 Å². The number of allylic oxidation sites excluding steroid dienone is 14. The Morgan fingerprint density at radius 3 is 1.10 bits per heavy atom. The fourth-order valence-corrected chi connectivity index (χ4v) is 3.97. The average Bonchev–Trinajstić information content (AvgIpc) is 2.98. The standard InChI is InChI=1S/C37H44N2O/c1-5-38(6-2)35-29-25-33(26-30-35)21-17-13-9-11-15-19-23-37(40)24-20-16-12-10-14-18-22-34-27-31-36(32-28-34)39(7-3)8-4/h9-32H,5-8H2,1-4H3. The minimum atomic E-state index is -0.0524. The summed E-state index contributed by atoms with van der Waals surface area (Å²) in [5.74, 6) is -0.0524. The molecule has 208 valence electrons. The predicted molar refractivity (Wildman–Crippen MR) is 178 cm³/mol. The van der Waals surface area contributed by atoms with Gasteiger partial charge in [0.1, 0.15) is 0 Å². The Morgan fingerprint density at radius 1 is 0.475 bits per heavy atom. The molecule has 3 nitrogen and oxygen atoms in total. The first kappa shape index (κ1) is 31.8. The van der Waals surface area contributed by atoms with Gasteiger partial charge < -0.3 is 9.80 Å². The van der Waals surface area contributed by atoms with Gasteiger partial charge in [-0.2, -0.15) is 0 Å². The Balaban J connectivity index is 1.68. The molecule has 0 amide bonds. The third-order valence-corrected chi connectivity index (χ3v) is 6.25. The van der Waals surface area contributed by atoms with Crippen LogP contribution in [0.5, 0.6) is 0 Å². The lowest BCUT2D eigenvalue weighted by molar-refractivity contribution is -0.110. The molecule has 3 heteroatoms. The summed E-state index contributed by atoms with van der Waals surface area (Å²) in [7, 11) is 0. The first-order chi connectivity index (χ1) is 19.6. The van der Waals surface area contributed by atoms with Crippen LogP contribution in [-0.2, 0) is 4.79 Å². The highest BCUT2D eigenvalue weighted by molar-refractivity contribution is 5.99. The Kier molecular flexibility index (Phi) is 15.7. The molecule has 0 saturated carbocycles. The topological polar surface area (TPSA) is 23.6 Å². The van der Waals surface area contributed by atoms with Gasteiger partial charge in [-0.3, -0.25) is 4.79 Å². The maximum atomic E-state index is 11.9. The highest BCUT2D eigenvalue weighted by atomic mass is 16.1. The van der Waals surface area contributed by atoms with E-state index in [1.807, 2.05) is 60.8 Å². The van der Waals surface area contributed by atoms with Gasteiger partial charge in [0.25, 0.3) is 0 Å². The molecule has 0 heterocycles. The molecule has 0 aliphatic carbocycles. The van der Waals surface area contributed by atoms with Crippen LogP contribution in [0.25, 0.3) is 12.2 Å². The molecule has 0 N–H and O–H groups in total. The first-order valence-electron chi connectivity index (χ1n) is 14.2. The summed E-state index contributed by atoms with van der Waals surface area (Å²) in [5.41, 5.74) is 4.83. The molecule has 0 unspecified atom stereocenters. The van der Waals surface area contributed by atoms with Crippen molar-refractivity contribution >= 4 is 29.3 Å². The van der Waals surface area contributed by atoms with Crippen LogP contribution in [0.4, 0.5) is 11.4 Å². The molecule has 0 bridgehead atoms. The summed E-state index contributed by atoms with van der Waals surface area (Å²) in [4.78, 5) is 16.6. The van der Waals surface area contributed by atoms with Crippen molar-refractivity contribution in [2.24, 2.45) is 0 Å². The molecular formula is C37H44N2O. The number of carbonyl (C=O) groups excluding carboxylic acids is 1. The lowest BCUT2D eigenvalue weighted by atomic mass is 10.2. The molecule has 2 aromatic carbocycles. The van der Waals surface area contributed by atoms with Gasteiger partial charge in [-0.05, 0) is 75.2 Å². The largest absolute Gasteiger partial charge is 0.372 e. The van der Waals surface area contributed by atoms with Gasteiger partial charge >= 0.3 is 0 Å². The zero-order valence-corrected chi connectivity index (χ0v) is 24.5. The number of hydrogen-bond donors (Lipinski definition) is 0. The van der Waals surface area contributed by atoms with Crippen LogP contribution in [0.3, 0.4) is 0 Å². The van der Waals surface area contributed by atoms with E-state index in [1.165, 1.54) is 22.5 Å². The molecule has 0 atom stereocenters. The summed E-state index contributed by atoms with van der Waals surface area (Å²) in [6.45, 7) is 12.7. The molecular weight excluding hydrogens is 488 g/mol. The number of anilines is 2. The molecule has 0 fully saturated rings. The smallest absolute Gasteiger partial charge is 0.178 e. The summed E-state index contributed by atoms with van der Waals surface area (Å²) in [6, 6.07) is 17.2. The molecule has 2 rings (SSSR count). The number of benzene rings is 2. The van der Waals surface area contributed by atoms with Crippen molar-refractivity contribution in [2.75, 3.05) is 36.0 Å². The Morgan fingerprint density at radius 2 is 0.775 bits per heavy atom. The van der Waals surface area contributed by atoms with Gasteiger partial charge in [-0.15, -0.1) is 0 Å². The van der Waals surface area contributed by atoms with Crippen molar-refractivity contribution < 1.29 is 4.79 Å². The first-order valence-corrected chi connectivity index (χ1v) is 14.2. The minimum absolute atomic E-state index is 0.0524. The third kappa shape index (κ3) is 12.4. The molecule has 0 aliphatic rings. The van der Waals surface area contributed by atoms with Crippen molar-refractivity contribution in [3.05, 3.63) is 145 Å². The second kappa shape index (κ2) is 19.7. The van der Waals surface area contributed by atoms with Gasteiger partial charge in [-0.25, -0.2) is 0 Å². The van der Waals surface area contributed by atoms with E-state index in [0.29, 0.717) is 0 Å². The van der Waals surface area contributed by atoms with Crippen molar-refractivity contribution in [3.8, 4) is 0 Å². The fraction of sp³-hybridized carbons (Fsp3) is 0.216. The molecule has 0 spiro atoms. The number of nitrogens with zero attached hydrogens (tertiary/aromatic N) is 2. The Hall–Kier alpha value is -4.37. The third-order valence-electron chi connectivity index (χ3n) is 6.25. The molecule has 0 saturated heterocycles. The normalized spacial score (nSPS) is 12.7. The SMILES string of the molecule is CCN(CC)c1ccc(C=CC=CC=CC=CC(=O)C=CC=CC=CC=Cc2ccc(N(CC)CC)cc2)cc1. The number of rotatable bonds is 16. The molecule has 0 radical (unpaired) electrons. The van der Waals surface area contributed by atoms with E-state index in [-0.39, 0.29) is 5.78 Å². The monoisotopic (exact) mass is 532 g/mol. The minimum Gasteiger partial charge on any atom is -0.372 e. The lowest BCUT2D eigenvalue weighted by Crippen LogP contribution is -2.21. The van der Waals surface area contributed by atoms with Gasteiger partial charge in [0, 0.05) is 37.6 Å². The van der Waals surface area contributed by atoms with Crippen molar-refractivity contribution in [1.82, 2.24) is 0 Å². The number of carbonyl (C=O) groups is 1. The second-order valence-electron chi connectivity index (χ2n) is 8.91. The van der Waals surface area contributed by atoms with E-state index < -0.39 is 0 Å². The van der Waals surface area contributed by atoms with Crippen LogP contribution >= 0.6 is 0 Å². The van der Waals surface area contributed by atoms with Gasteiger partial charge in [0.05, 0.1) is 0 Å². The fourth-order valence-electron chi connectivity index (χ4n) is 3.97. The van der Waals surface area contributed by atoms with E-state index in [9.17, 15) is 4.79 Å². The van der Waals surface area contributed by atoms with Crippen molar-refractivity contribution in [3.63, 3.8) is 0 Å². The van der Waals surface area contributed by atoms with Gasteiger partial charge in [0.15, 0.2) is 5.78 Å². The van der Waals surface area contributed by atoms with E-state index in [4.69, 9.17) is 0 Å². The quantitative estimate of drug-likeness (QED) is 0.159. The number of hydrogen-bond acceptors (Lipinski definition) is 3. The maximum absolute atomic E-state index is 11.9. The second-order valence-corrected chi connectivity index (χ2v) is 8.91. The summed E-state index contributed by atoms with van der Waals surface area (Å²) in [5, 5.41) is 0. The van der Waals surface area contributed by atoms with Crippen LogP contribution in [0.2, 0.25) is 0 Å². The van der Waals surface area contributed by atoms with Crippen LogP contribution in [0, 0.1) is 0 Å². The molecule has 40 heavy (non-hydrogen) atoms. The molecule has 0 aliphatic heterocycles. The summed E-state index contributed by atoms with van der Waals surface area (Å²) < 4.78 is 0. The summed E-state index contributed by atoms with van der Waals surface area (Å²) in [6.07, 6.45) is 30.1. The van der Waals surface area contributed by atoms with E-state index >= 15 is 0 Å². The van der Waals surface area contributed by atoms with Crippen LogP contribution in [0.1, 0.15) is 38.8 Å². The van der Waals surface area contributed by atoms with Crippen LogP contribution < -0.4 is 9.80 Å². The Bertz CT molecular complexity index is 1130. The highest BCUT2D eigenvalue weighted by Gasteiger charge is 2.00. The van der Waals surface area contributed by atoms with E-state index in [2.05, 4.69) is 98.2 Å². The zero-order chi connectivity index (χ0) is 28.8. The maximum Gasteiger partial charge on any atom is 0.178 e. The summed E-state index contributed by atoms with van der Waals surface area (Å²) >= 11 is 0. The highest BCUT2D eigenvalue weighted by Crippen LogP contribution is 2.16. The molecule has 2 aromatic rings. The van der Waals surface area contributed by atoms with E-state index in [1.54, 1.807) is 24.3 Å². The van der Waals surface area contributed by atoms with Crippen LogP contribution in [0.15, 0.2) is 134 Å². The van der Waals surface area contributed by atoms with E-state index in [0.717, 1.165) is 26.2 Å². The lowest BCUT2D eigenvalue weighted by Gasteiger charge is -2.20. The van der Waals surface area contributed by atoms with Gasteiger partial charge in [0.2, 0.25) is 0 Å². The average molecular weight is 533 g/mol. The predicted octanol–water partition coefficient (Wildman–Crippen LogP) is 9.01. The molecule has 0 aromatic heterocycles.